The maximum Gasteiger partial charge on any atom is 0.267 e. The minimum absolute atomic E-state index is 0.0549. The van der Waals surface area contributed by atoms with E-state index in [1.807, 2.05) is 42.1 Å². The van der Waals surface area contributed by atoms with Crippen molar-refractivity contribution < 1.29 is 27.8 Å². The third-order valence-corrected chi connectivity index (χ3v) is 11.0. The molecule has 2 N–H and O–H groups in total. The molecule has 0 spiro atoms. The predicted octanol–water partition coefficient (Wildman–Crippen LogP) is 6.71. The van der Waals surface area contributed by atoms with Crippen molar-refractivity contribution in [2.45, 2.75) is 56.6 Å². The van der Waals surface area contributed by atoms with Crippen LogP contribution in [0.3, 0.4) is 0 Å². The number of hydrogen-bond acceptors (Lipinski definition) is 6. The Bertz CT molecular complexity index is 1750. The van der Waals surface area contributed by atoms with Gasteiger partial charge in [-0.3, -0.25) is 4.79 Å². The van der Waals surface area contributed by atoms with E-state index < -0.39 is 22.0 Å². The van der Waals surface area contributed by atoms with E-state index >= 15 is 0 Å². The second kappa shape index (κ2) is 14.5. The molecule has 2 atom stereocenters. The Morgan fingerprint density at radius 2 is 1.61 bits per heavy atom. The number of amides is 1. The van der Waals surface area contributed by atoms with Gasteiger partial charge in [0.15, 0.2) is 0 Å². The second-order valence-corrected chi connectivity index (χ2v) is 14.3. The molecule has 1 aliphatic carbocycles. The summed E-state index contributed by atoms with van der Waals surface area (Å²) in [6, 6.07) is 18.5. The van der Waals surface area contributed by atoms with Crippen molar-refractivity contribution in [2.24, 2.45) is 11.8 Å². The Kier molecular flexibility index (Phi) is 10.7. The van der Waals surface area contributed by atoms with E-state index in [0.29, 0.717) is 30.4 Å². The SMILES string of the molecule is COc1cc([C@@H](O)[C@H](CC2Cc3ccccc3C2)Cn2ccc(CCC(=O)NS(=O)(=O)c3c(Cl)cccc3Cl)c2)cc(OC)c1C. The first-order valence-electron chi connectivity index (χ1n) is 15.1. The number of rotatable bonds is 13. The van der Waals surface area contributed by atoms with Crippen LogP contribution in [-0.4, -0.2) is 38.2 Å². The minimum Gasteiger partial charge on any atom is -0.496 e. The molecule has 0 bridgehead atoms. The molecular formula is C35H38Cl2N2O6S. The number of aliphatic hydroxyl groups is 1. The van der Waals surface area contributed by atoms with Crippen LogP contribution in [0.2, 0.25) is 10.0 Å². The number of fused-ring (bicyclic) bond motifs is 1. The number of ether oxygens (including phenoxy) is 2. The third-order valence-electron chi connectivity index (χ3n) is 8.67. The summed E-state index contributed by atoms with van der Waals surface area (Å²) in [6.45, 7) is 2.46. The van der Waals surface area contributed by atoms with E-state index in [4.69, 9.17) is 32.7 Å². The molecule has 1 aromatic heterocycles. The van der Waals surface area contributed by atoms with Gasteiger partial charge in [0.25, 0.3) is 10.0 Å². The van der Waals surface area contributed by atoms with Crippen LogP contribution in [0.5, 0.6) is 11.5 Å². The first-order chi connectivity index (χ1) is 22.0. The summed E-state index contributed by atoms with van der Waals surface area (Å²) in [5.74, 6) is 0.894. The number of methoxy groups -OCH3 is 2. The fourth-order valence-electron chi connectivity index (χ4n) is 6.37. The summed E-state index contributed by atoms with van der Waals surface area (Å²) >= 11 is 12.1. The normalized spacial score (nSPS) is 14.5. The Hall–Kier alpha value is -3.50. The number of aryl methyl sites for hydroxylation is 1. The number of aromatic nitrogens is 1. The predicted molar refractivity (Wildman–Crippen MR) is 179 cm³/mol. The number of sulfonamides is 1. The van der Waals surface area contributed by atoms with Crippen molar-refractivity contribution in [1.82, 2.24) is 9.29 Å². The highest BCUT2D eigenvalue weighted by atomic mass is 35.5. The van der Waals surface area contributed by atoms with Crippen LogP contribution in [0.15, 0.2) is 78.0 Å². The lowest BCUT2D eigenvalue weighted by Crippen LogP contribution is -2.31. The highest BCUT2D eigenvalue weighted by molar-refractivity contribution is 7.90. The molecular weight excluding hydrogens is 647 g/mol. The van der Waals surface area contributed by atoms with Crippen molar-refractivity contribution in [3.63, 3.8) is 0 Å². The first kappa shape index (κ1) is 33.9. The average molecular weight is 686 g/mol. The monoisotopic (exact) mass is 684 g/mol. The van der Waals surface area contributed by atoms with Gasteiger partial charge in [-0.05, 0) is 91.1 Å². The van der Waals surface area contributed by atoms with Crippen LogP contribution >= 0.6 is 23.2 Å². The molecule has 5 rings (SSSR count). The van der Waals surface area contributed by atoms with Crippen molar-refractivity contribution in [2.75, 3.05) is 14.2 Å². The largest absolute Gasteiger partial charge is 0.496 e. The molecule has 0 unspecified atom stereocenters. The lowest BCUT2D eigenvalue weighted by molar-refractivity contribution is -0.119. The van der Waals surface area contributed by atoms with Crippen molar-refractivity contribution in [1.29, 1.82) is 0 Å². The summed E-state index contributed by atoms with van der Waals surface area (Å²) in [5.41, 5.74) is 5.18. The van der Waals surface area contributed by atoms with Crippen LogP contribution in [0.4, 0.5) is 0 Å². The average Bonchev–Trinajstić information content (AvgIpc) is 3.65. The molecule has 244 valence electrons. The Labute approximate surface area is 280 Å². The smallest absolute Gasteiger partial charge is 0.267 e. The quantitative estimate of drug-likeness (QED) is 0.162. The molecule has 1 heterocycles. The molecule has 3 aromatic carbocycles. The van der Waals surface area contributed by atoms with Crippen LogP contribution in [-0.2, 0) is 40.6 Å². The summed E-state index contributed by atoms with van der Waals surface area (Å²) in [6.07, 6.45) is 6.07. The minimum atomic E-state index is -4.23. The van der Waals surface area contributed by atoms with Crippen molar-refractivity contribution in [3.05, 3.63) is 111 Å². The maximum absolute atomic E-state index is 12.8. The molecule has 0 saturated carbocycles. The van der Waals surface area contributed by atoms with Crippen molar-refractivity contribution in [3.8, 4) is 11.5 Å². The highest BCUT2D eigenvalue weighted by Crippen LogP contribution is 2.39. The zero-order valence-electron chi connectivity index (χ0n) is 26.0. The van der Waals surface area contributed by atoms with Gasteiger partial charge in [0.05, 0.1) is 30.4 Å². The maximum atomic E-state index is 12.8. The topological polar surface area (TPSA) is 107 Å². The number of carbonyl (C=O) groups is 1. The van der Waals surface area contributed by atoms with Gasteiger partial charge in [-0.1, -0.05) is 53.5 Å². The third kappa shape index (κ3) is 7.72. The Morgan fingerprint density at radius 3 is 2.20 bits per heavy atom. The summed E-state index contributed by atoms with van der Waals surface area (Å²) in [7, 11) is -1.02. The van der Waals surface area contributed by atoms with E-state index in [1.165, 1.54) is 29.3 Å². The number of halogens is 2. The molecule has 1 aliphatic rings. The summed E-state index contributed by atoms with van der Waals surface area (Å²) in [5, 5.41) is 11.7. The van der Waals surface area contributed by atoms with Gasteiger partial charge in [0.1, 0.15) is 16.4 Å². The zero-order valence-corrected chi connectivity index (χ0v) is 28.3. The molecule has 46 heavy (non-hydrogen) atoms. The highest BCUT2D eigenvalue weighted by Gasteiger charge is 2.30. The zero-order chi connectivity index (χ0) is 33.0. The van der Waals surface area contributed by atoms with E-state index in [1.54, 1.807) is 14.2 Å². The second-order valence-electron chi connectivity index (χ2n) is 11.8. The summed E-state index contributed by atoms with van der Waals surface area (Å²) in [4.78, 5) is 12.3. The molecule has 0 fully saturated rings. The van der Waals surface area contributed by atoms with E-state index in [2.05, 4.69) is 29.0 Å². The van der Waals surface area contributed by atoms with Gasteiger partial charge in [-0.15, -0.1) is 0 Å². The number of nitrogens with one attached hydrogen (secondary N) is 1. The molecule has 0 radical (unpaired) electrons. The fourth-order valence-corrected chi connectivity index (χ4v) is 8.53. The van der Waals surface area contributed by atoms with Crippen LogP contribution < -0.4 is 14.2 Å². The molecule has 11 heteroatoms. The van der Waals surface area contributed by atoms with E-state index in [-0.39, 0.29) is 27.3 Å². The number of aliphatic hydroxyl groups excluding tert-OH is 1. The Balaban J connectivity index is 1.29. The van der Waals surface area contributed by atoms with Crippen LogP contribution in [0.25, 0.3) is 0 Å². The van der Waals surface area contributed by atoms with Crippen LogP contribution in [0.1, 0.15) is 46.8 Å². The van der Waals surface area contributed by atoms with E-state index in [0.717, 1.165) is 36.0 Å². The van der Waals surface area contributed by atoms with Gasteiger partial charge >= 0.3 is 0 Å². The van der Waals surface area contributed by atoms with Gasteiger partial charge in [0.2, 0.25) is 5.91 Å². The number of benzene rings is 3. The molecule has 0 saturated heterocycles. The van der Waals surface area contributed by atoms with Gasteiger partial charge in [-0.25, -0.2) is 13.1 Å². The lowest BCUT2D eigenvalue weighted by Gasteiger charge is -2.27. The molecule has 8 nitrogen and oxygen atoms in total. The van der Waals surface area contributed by atoms with Crippen molar-refractivity contribution >= 4 is 39.1 Å². The first-order valence-corrected chi connectivity index (χ1v) is 17.3. The van der Waals surface area contributed by atoms with E-state index in [9.17, 15) is 18.3 Å². The van der Waals surface area contributed by atoms with Gasteiger partial charge < -0.3 is 19.1 Å². The molecule has 4 aromatic rings. The summed E-state index contributed by atoms with van der Waals surface area (Å²) < 4.78 is 40.8. The number of carbonyl (C=O) groups excluding carboxylic acids is 1. The standard InChI is InChI=1S/C35H38Cl2N2O6S/c1-22-31(44-2)18-27(19-32(22)45-3)34(41)28(17-24-15-25-7-4-5-8-26(25)16-24)21-39-14-13-23(20-39)11-12-33(40)38-46(42,43)35-29(36)9-6-10-30(35)37/h4-10,13-14,18-20,24,28,34,41H,11-12,15-17,21H2,1-3H3,(H,38,40)/t28-,34-/m1/s1. The molecule has 0 aliphatic heterocycles. The number of hydrogen-bond donors (Lipinski definition) is 2. The Morgan fingerprint density at radius 1 is 1.00 bits per heavy atom. The van der Waals surface area contributed by atoms with Gasteiger partial charge in [-0.2, -0.15) is 0 Å². The number of nitrogens with zero attached hydrogens (tertiary/aromatic N) is 1. The molecule has 1 amide bonds. The fraction of sp³-hybridized carbons (Fsp3) is 0.343. The van der Waals surface area contributed by atoms with Gasteiger partial charge in [0, 0.05) is 36.8 Å². The van der Waals surface area contributed by atoms with Crippen LogP contribution in [0, 0.1) is 18.8 Å². The lowest BCUT2D eigenvalue weighted by atomic mass is 9.85.